The first-order valence-electron chi connectivity index (χ1n) is 11.2. The number of carbonyl (C=O) groups is 2. The van der Waals surface area contributed by atoms with Crippen LogP contribution in [0.1, 0.15) is 31.4 Å². The zero-order chi connectivity index (χ0) is 26.5. The van der Waals surface area contributed by atoms with Gasteiger partial charge in [-0.1, -0.05) is 35.3 Å². The number of sulfonamides is 1. The smallest absolute Gasteiger partial charge is 0.318 e. The summed E-state index contributed by atoms with van der Waals surface area (Å²) in [6.45, 7) is 2.46. The molecular formula is C24H28Cl2N2O7S. The monoisotopic (exact) mass is 558 g/mol. The lowest BCUT2D eigenvalue weighted by molar-refractivity contribution is -0.156. The van der Waals surface area contributed by atoms with E-state index in [2.05, 4.69) is 10.0 Å². The minimum absolute atomic E-state index is 0.0872. The summed E-state index contributed by atoms with van der Waals surface area (Å²) >= 11 is 12.0. The Morgan fingerprint density at radius 1 is 1.17 bits per heavy atom. The van der Waals surface area contributed by atoms with Crippen LogP contribution >= 0.6 is 23.2 Å². The van der Waals surface area contributed by atoms with Gasteiger partial charge < -0.3 is 19.9 Å². The van der Waals surface area contributed by atoms with Gasteiger partial charge in [-0.05, 0) is 62.2 Å². The second-order valence-corrected chi connectivity index (χ2v) is 11.2. The zero-order valence-corrected chi connectivity index (χ0v) is 22.1. The molecule has 1 heterocycles. The molecule has 0 amide bonds. The van der Waals surface area contributed by atoms with E-state index in [9.17, 15) is 23.1 Å². The highest BCUT2D eigenvalue weighted by molar-refractivity contribution is 7.89. The molecule has 0 bridgehead atoms. The van der Waals surface area contributed by atoms with Crippen molar-refractivity contribution in [3.05, 3.63) is 58.1 Å². The number of ether oxygens (including phenoxy) is 2. The van der Waals surface area contributed by atoms with Crippen LogP contribution in [0, 0.1) is 5.41 Å². The highest BCUT2D eigenvalue weighted by Gasteiger charge is 2.52. The third-order valence-corrected chi connectivity index (χ3v) is 7.94. The second kappa shape index (κ2) is 11.9. The Balaban J connectivity index is 2.07. The molecule has 36 heavy (non-hydrogen) atoms. The van der Waals surface area contributed by atoms with Crippen LogP contribution in [-0.2, 0) is 24.3 Å². The van der Waals surface area contributed by atoms with E-state index in [1.807, 2.05) is 0 Å². The topological polar surface area (TPSA) is 131 Å². The van der Waals surface area contributed by atoms with Gasteiger partial charge in [0.05, 0.1) is 23.6 Å². The first-order valence-corrected chi connectivity index (χ1v) is 13.4. The number of carboxylic acid groups (broad SMARTS) is 1. The summed E-state index contributed by atoms with van der Waals surface area (Å²) in [5, 5.41) is 13.5. The van der Waals surface area contributed by atoms with Crippen LogP contribution in [0.25, 0.3) is 0 Å². The molecule has 3 rings (SSSR count). The van der Waals surface area contributed by atoms with Crippen molar-refractivity contribution in [3.8, 4) is 5.75 Å². The number of carboxylic acids is 1. The number of hydrogen-bond acceptors (Lipinski definition) is 7. The van der Waals surface area contributed by atoms with Crippen LogP contribution in [0.4, 0.5) is 0 Å². The van der Waals surface area contributed by atoms with Crippen molar-refractivity contribution in [2.24, 2.45) is 5.41 Å². The van der Waals surface area contributed by atoms with E-state index in [0.29, 0.717) is 38.3 Å². The van der Waals surface area contributed by atoms with Crippen molar-refractivity contribution in [2.45, 2.75) is 36.7 Å². The number of halogens is 2. The molecule has 196 valence electrons. The van der Waals surface area contributed by atoms with E-state index >= 15 is 0 Å². The fourth-order valence-electron chi connectivity index (χ4n) is 4.07. The van der Waals surface area contributed by atoms with Crippen LogP contribution in [0.2, 0.25) is 10.0 Å². The van der Waals surface area contributed by atoms with Gasteiger partial charge in [0.2, 0.25) is 10.0 Å². The van der Waals surface area contributed by atoms with Crippen molar-refractivity contribution >= 4 is 45.0 Å². The molecule has 1 saturated heterocycles. The fraction of sp³-hybridized carbons (Fsp3) is 0.417. The third kappa shape index (κ3) is 6.37. The number of carbonyl (C=O) groups excluding carboxylic acids is 1. The molecule has 2 aromatic rings. The first kappa shape index (κ1) is 28.4. The van der Waals surface area contributed by atoms with Gasteiger partial charge in [0.1, 0.15) is 17.8 Å². The SMILES string of the molecule is COCCOc1ccc([C@@H](NS(=O)(=O)c2cc(Cl)cc(Cl)c2)[C@](C)(C(=O)O)C(=O)C2CCCN2)cc1. The zero-order valence-electron chi connectivity index (χ0n) is 19.8. The minimum atomic E-state index is -4.36. The fourth-order valence-corrected chi connectivity index (χ4v) is 6.10. The maximum absolute atomic E-state index is 13.5. The van der Waals surface area contributed by atoms with Gasteiger partial charge in [-0.3, -0.25) is 9.59 Å². The first-order chi connectivity index (χ1) is 17.0. The molecule has 0 aliphatic carbocycles. The lowest BCUT2D eigenvalue weighted by Gasteiger charge is -2.35. The summed E-state index contributed by atoms with van der Waals surface area (Å²) in [6, 6.07) is 7.78. The molecular weight excluding hydrogens is 531 g/mol. The summed E-state index contributed by atoms with van der Waals surface area (Å²) in [5.41, 5.74) is -1.88. The lowest BCUT2D eigenvalue weighted by atomic mass is 9.73. The van der Waals surface area contributed by atoms with Gasteiger partial charge >= 0.3 is 5.97 Å². The number of hydrogen-bond donors (Lipinski definition) is 3. The van der Waals surface area contributed by atoms with Gasteiger partial charge in [-0.15, -0.1) is 0 Å². The number of aliphatic carboxylic acids is 1. The molecule has 2 aromatic carbocycles. The number of methoxy groups -OCH3 is 1. The molecule has 1 unspecified atom stereocenters. The van der Waals surface area contributed by atoms with Crippen molar-refractivity contribution in [2.75, 3.05) is 26.9 Å². The predicted molar refractivity (Wildman–Crippen MR) is 135 cm³/mol. The Bertz CT molecular complexity index is 1180. The molecule has 0 saturated carbocycles. The quantitative estimate of drug-likeness (QED) is 0.266. The summed E-state index contributed by atoms with van der Waals surface area (Å²) in [5.74, 6) is -1.61. The standard InChI is InChI=1S/C24H28Cl2N2O7S/c1-24(23(30)31,22(29)20-4-3-9-27-20)21(15-5-7-18(8-6-15)35-11-10-34-2)28-36(32,33)19-13-16(25)12-17(26)14-19/h5-8,12-14,20-21,27-28H,3-4,9-11H2,1-2H3,(H,30,31)/t20?,21-,24+/m1/s1. The average Bonchev–Trinajstić information content (AvgIpc) is 3.36. The maximum atomic E-state index is 13.5. The van der Waals surface area contributed by atoms with Crippen molar-refractivity contribution in [1.29, 1.82) is 0 Å². The summed E-state index contributed by atoms with van der Waals surface area (Å²) in [6.07, 6.45) is 1.16. The summed E-state index contributed by atoms with van der Waals surface area (Å²) < 4.78 is 39.7. The van der Waals surface area contributed by atoms with E-state index in [4.69, 9.17) is 32.7 Å². The van der Waals surface area contributed by atoms with Crippen LogP contribution in [0.5, 0.6) is 5.75 Å². The molecule has 3 N–H and O–H groups in total. The number of ketones is 1. The molecule has 3 atom stereocenters. The molecule has 9 nitrogen and oxygen atoms in total. The number of nitrogens with one attached hydrogen (secondary N) is 2. The predicted octanol–water partition coefficient (Wildman–Crippen LogP) is 3.45. The molecule has 12 heteroatoms. The average molecular weight is 559 g/mol. The second-order valence-electron chi connectivity index (χ2n) is 8.59. The van der Waals surface area contributed by atoms with E-state index < -0.39 is 39.3 Å². The van der Waals surface area contributed by atoms with E-state index in [1.54, 1.807) is 19.2 Å². The lowest BCUT2D eigenvalue weighted by Crippen LogP contribution is -2.54. The Morgan fingerprint density at radius 2 is 1.81 bits per heavy atom. The normalized spacial score (nSPS) is 18.4. The summed E-state index contributed by atoms with van der Waals surface area (Å²) in [4.78, 5) is 25.9. The minimum Gasteiger partial charge on any atom is -0.491 e. The Kier molecular flexibility index (Phi) is 9.37. The van der Waals surface area contributed by atoms with Gasteiger partial charge in [0.25, 0.3) is 0 Å². The Labute approximate surface area is 220 Å². The number of rotatable bonds is 12. The van der Waals surface area contributed by atoms with Crippen molar-refractivity contribution in [3.63, 3.8) is 0 Å². The highest BCUT2D eigenvalue weighted by Crippen LogP contribution is 2.39. The van der Waals surface area contributed by atoms with E-state index in [0.717, 1.165) is 0 Å². The van der Waals surface area contributed by atoms with E-state index in [-0.39, 0.29) is 20.5 Å². The van der Waals surface area contributed by atoms with Crippen LogP contribution in [-0.4, -0.2) is 58.2 Å². The van der Waals surface area contributed by atoms with Crippen LogP contribution in [0.3, 0.4) is 0 Å². The molecule has 0 aromatic heterocycles. The Morgan fingerprint density at radius 3 is 2.33 bits per heavy atom. The molecule has 1 fully saturated rings. The molecule has 0 radical (unpaired) electrons. The van der Waals surface area contributed by atoms with Crippen LogP contribution < -0.4 is 14.8 Å². The molecule has 1 aliphatic rings. The van der Waals surface area contributed by atoms with Crippen LogP contribution in [0.15, 0.2) is 47.4 Å². The van der Waals surface area contributed by atoms with Gasteiger partial charge in [-0.2, -0.15) is 0 Å². The van der Waals surface area contributed by atoms with Gasteiger partial charge in [-0.25, -0.2) is 13.1 Å². The van der Waals surface area contributed by atoms with Crippen molar-refractivity contribution in [1.82, 2.24) is 10.0 Å². The largest absolute Gasteiger partial charge is 0.491 e. The molecule has 0 spiro atoms. The number of benzene rings is 2. The van der Waals surface area contributed by atoms with Gasteiger partial charge in [0, 0.05) is 17.2 Å². The van der Waals surface area contributed by atoms with E-state index in [1.165, 1.54) is 37.3 Å². The van der Waals surface area contributed by atoms with Crippen molar-refractivity contribution < 1.29 is 32.6 Å². The summed E-state index contributed by atoms with van der Waals surface area (Å²) in [7, 11) is -2.82. The maximum Gasteiger partial charge on any atom is 0.318 e. The van der Waals surface area contributed by atoms with Gasteiger partial charge in [0.15, 0.2) is 5.78 Å². The molecule has 1 aliphatic heterocycles. The Hall–Kier alpha value is -2.21. The third-order valence-electron chi connectivity index (χ3n) is 6.10. The number of Topliss-reactive ketones (excluding diaryl/α,β-unsaturated/α-hetero) is 1. The highest BCUT2D eigenvalue weighted by atomic mass is 35.5.